The molecule has 2 aromatic carbocycles. The van der Waals surface area contributed by atoms with Gasteiger partial charge in [-0.2, -0.15) is 5.10 Å². The molecular weight excluding hydrogens is 290 g/mol. The van der Waals surface area contributed by atoms with Crippen molar-refractivity contribution in [3.63, 3.8) is 0 Å². The number of aliphatic hydroxyl groups is 1. The van der Waals surface area contributed by atoms with Gasteiger partial charge in [-0.15, -0.1) is 0 Å². The molecule has 0 unspecified atom stereocenters. The Labute approximate surface area is 133 Å². The average molecular weight is 305 g/mol. The highest BCUT2D eigenvalue weighted by atomic mass is 16.3. The number of rotatable bonds is 4. The Kier molecular flexibility index (Phi) is 4.40. The smallest absolute Gasteiger partial charge is 0.272 e. The highest BCUT2D eigenvalue weighted by Crippen LogP contribution is 2.16. The Morgan fingerprint density at radius 1 is 1.13 bits per heavy atom. The number of pyridine rings is 1. The van der Waals surface area contributed by atoms with E-state index in [-0.39, 0.29) is 12.5 Å². The van der Waals surface area contributed by atoms with E-state index in [9.17, 15) is 4.79 Å². The van der Waals surface area contributed by atoms with Crippen molar-refractivity contribution in [1.29, 1.82) is 0 Å². The molecule has 0 atom stereocenters. The van der Waals surface area contributed by atoms with Gasteiger partial charge in [0.1, 0.15) is 0 Å². The Balaban J connectivity index is 1.73. The summed E-state index contributed by atoms with van der Waals surface area (Å²) in [6.07, 6.45) is 3.03. The predicted molar refractivity (Wildman–Crippen MR) is 89.2 cm³/mol. The first-order chi connectivity index (χ1) is 11.3. The summed E-state index contributed by atoms with van der Waals surface area (Å²) in [6, 6.07) is 17.1. The zero-order valence-corrected chi connectivity index (χ0v) is 12.3. The van der Waals surface area contributed by atoms with E-state index >= 15 is 0 Å². The Bertz CT molecular complexity index is 852. The molecule has 0 fully saturated rings. The van der Waals surface area contributed by atoms with Crippen molar-refractivity contribution in [3.05, 3.63) is 77.6 Å². The van der Waals surface area contributed by atoms with Crippen LogP contribution in [0, 0.1) is 0 Å². The highest BCUT2D eigenvalue weighted by molar-refractivity contribution is 6.00. The number of aromatic nitrogens is 1. The van der Waals surface area contributed by atoms with E-state index in [0.717, 1.165) is 16.3 Å². The summed E-state index contributed by atoms with van der Waals surface area (Å²) >= 11 is 0. The lowest BCUT2D eigenvalue weighted by Crippen LogP contribution is -2.18. The first-order valence-corrected chi connectivity index (χ1v) is 7.15. The van der Waals surface area contributed by atoms with Crippen LogP contribution >= 0.6 is 0 Å². The summed E-state index contributed by atoms with van der Waals surface area (Å²) in [6.45, 7) is -0.152. The first-order valence-electron chi connectivity index (χ1n) is 7.15. The third-order valence-corrected chi connectivity index (χ3v) is 3.44. The van der Waals surface area contributed by atoms with Crippen LogP contribution in [0.25, 0.3) is 10.8 Å². The van der Waals surface area contributed by atoms with Gasteiger partial charge in [-0.25, -0.2) is 5.43 Å². The topological polar surface area (TPSA) is 74.6 Å². The molecule has 3 aromatic rings. The minimum atomic E-state index is -0.349. The summed E-state index contributed by atoms with van der Waals surface area (Å²) in [5.74, 6) is -0.349. The number of nitrogens with one attached hydrogen (secondary N) is 1. The predicted octanol–water partition coefficient (Wildman–Crippen LogP) is 2.49. The van der Waals surface area contributed by atoms with Crippen LogP contribution in [0.2, 0.25) is 0 Å². The van der Waals surface area contributed by atoms with E-state index in [4.69, 9.17) is 5.11 Å². The molecule has 0 saturated heterocycles. The van der Waals surface area contributed by atoms with Crippen molar-refractivity contribution in [2.75, 3.05) is 0 Å². The van der Waals surface area contributed by atoms with E-state index in [0.29, 0.717) is 11.3 Å². The van der Waals surface area contributed by atoms with Gasteiger partial charge < -0.3 is 5.11 Å². The van der Waals surface area contributed by atoms with Crippen LogP contribution in [0.3, 0.4) is 0 Å². The monoisotopic (exact) mass is 305 g/mol. The molecule has 0 aliphatic rings. The van der Waals surface area contributed by atoms with E-state index in [2.05, 4.69) is 15.5 Å². The summed E-state index contributed by atoms with van der Waals surface area (Å²) < 4.78 is 0. The van der Waals surface area contributed by atoms with E-state index in [1.54, 1.807) is 18.3 Å². The molecule has 5 heteroatoms. The van der Waals surface area contributed by atoms with Crippen LogP contribution in [0.15, 0.2) is 65.9 Å². The summed E-state index contributed by atoms with van der Waals surface area (Å²) in [7, 11) is 0. The second kappa shape index (κ2) is 6.81. The maximum Gasteiger partial charge on any atom is 0.272 e. The Hall–Kier alpha value is -3.05. The Morgan fingerprint density at radius 2 is 1.96 bits per heavy atom. The molecule has 0 aliphatic heterocycles. The molecule has 0 saturated carbocycles. The van der Waals surface area contributed by atoms with Gasteiger partial charge in [0.2, 0.25) is 0 Å². The number of hydrogen-bond donors (Lipinski definition) is 2. The molecule has 23 heavy (non-hydrogen) atoms. The molecular formula is C18H15N3O2. The second-order valence-corrected chi connectivity index (χ2v) is 4.96. The number of aliphatic hydroxyl groups excluding tert-OH is 1. The minimum Gasteiger partial charge on any atom is -0.390 e. The fourth-order valence-corrected chi connectivity index (χ4v) is 2.24. The van der Waals surface area contributed by atoms with Crippen LogP contribution < -0.4 is 5.43 Å². The summed E-state index contributed by atoms with van der Waals surface area (Å²) in [5, 5.41) is 15.1. The molecule has 3 rings (SSSR count). The van der Waals surface area contributed by atoms with E-state index in [1.807, 2.05) is 42.5 Å². The normalized spacial score (nSPS) is 11.0. The molecule has 0 spiro atoms. The fourth-order valence-electron chi connectivity index (χ4n) is 2.24. The van der Waals surface area contributed by atoms with Gasteiger partial charge in [-0.1, -0.05) is 42.5 Å². The van der Waals surface area contributed by atoms with Crippen LogP contribution in [-0.2, 0) is 6.61 Å². The molecule has 5 nitrogen and oxygen atoms in total. The summed E-state index contributed by atoms with van der Waals surface area (Å²) in [4.78, 5) is 15.9. The van der Waals surface area contributed by atoms with Crippen LogP contribution in [0.5, 0.6) is 0 Å². The van der Waals surface area contributed by atoms with Gasteiger partial charge in [0.05, 0.1) is 24.1 Å². The van der Waals surface area contributed by atoms with Gasteiger partial charge in [-0.3, -0.25) is 9.78 Å². The lowest BCUT2D eigenvalue weighted by molar-refractivity contribution is 0.0954. The fraction of sp³-hybridized carbons (Fsp3) is 0.0556. The lowest BCUT2D eigenvalue weighted by Gasteiger charge is -2.02. The molecule has 1 aromatic heterocycles. The zero-order chi connectivity index (χ0) is 16.1. The molecule has 2 N–H and O–H groups in total. The van der Waals surface area contributed by atoms with Crippen molar-refractivity contribution >= 4 is 22.9 Å². The van der Waals surface area contributed by atoms with Crippen molar-refractivity contribution in [3.8, 4) is 0 Å². The number of benzene rings is 2. The quantitative estimate of drug-likeness (QED) is 0.574. The zero-order valence-electron chi connectivity index (χ0n) is 12.3. The number of carbonyl (C=O) groups is 1. The molecule has 0 radical (unpaired) electrons. The highest BCUT2D eigenvalue weighted by Gasteiger charge is 2.04. The van der Waals surface area contributed by atoms with Gasteiger partial charge >= 0.3 is 0 Å². The SMILES string of the molecule is O=C(N/N=C\c1cccc2ccccc12)c1ccc(CO)nc1. The standard InChI is InChI=1S/C18H15N3O2/c22-12-16-9-8-15(10-19-16)18(23)21-20-11-14-6-3-5-13-4-1-2-7-17(13)14/h1-11,22H,12H2,(H,21,23)/b20-11-. The van der Waals surface area contributed by atoms with Crippen molar-refractivity contribution in [2.24, 2.45) is 5.10 Å². The van der Waals surface area contributed by atoms with Crippen LogP contribution in [0.1, 0.15) is 21.6 Å². The largest absolute Gasteiger partial charge is 0.390 e. The molecule has 1 heterocycles. The number of carbonyl (C=O) groups excluding carboxylic acids is 1. The van der Waals surface area contributed by atoms with Crippen molar-refractivity contribution < 1.29 is 9.90 Å². The van der Waals surface area contributed by atoms with E-state index in [1.165, 1.54) is 6.20 Å². The second-order valence-electron chi connectivity index (χ2n) is 4.96. The maximum absolute atomic E-state index is 12.0. The van der Waals surface area contributed by atoms with Crippen molar-refractivity contribution in [1.82, 2.24) is 10.4 Å². The van der Waals surface area contributed by atoms with Gasteiger partial charge in [0, 0.05) is 11.8 Å². The maximum atomic E-state index is 12.0. The number of amides is 1. The average Bonchev–Trinajstić information content (AvgIpc) is 2.62. The number of hydrazone groups is 1. The molecule has 0 aliphatic carbocycles. The third-order valence-electron chi connectivity index (χ3n) is 3.44. The summed E-state index contributed by atoms with van der Waals surface area (Å²) in [5.41, 5.74) is 4.31. The van der Waals surface area contributed by atoms with E-state index < -0.39 is 0 Å². The van der Waals surface area contributed by atoms with Crippen LogP contribution in [0.4, 0.5) is 0 Å². The van der Waals surface area contributed by atoms with Gasteiger partial charge in [0.25, 0.3) is 5.91 Å². The number of nitrogens with zero attached hydrogens (tertiary/aromatic N) is 2. The molecule has 1 amide bonds. The van der Waals surface area contributed by atoms with Gasteiger partial charge in [-0.05, 0) is 22.9 Å². The number of fused-ring (bicyclic) bond motifs is 1. The third kappa shape index (κ3) is 3.41. The van der Waals surface area contributed by atoms with Crippen molar-refractivity contribution in [2.45, 2.75) is 6.61 Å². The number of hydrogen-bond acceptors (Lipinski definition) is 4. The lowest BCUT2D eigenvalue weighted by atomic mass is 10.1. The van der Waals surface area contributed by atoms with Gasteiger partial charge in [0.15, 0.2) is 0 Å². The first kappa shape index (κ1) is 14.9. The van der Waals surface area contributed by atoms with Crippen LogP contribution in [-0.4, -0.2) is 22.2 Å². The molecule has 114 valence electrons. The Morgan fingerprint density at radius 3 is 2.74 bits per heavy atom. The molecule has 0 bridgehead atoms. The minimum absolute atomic E-state index is 0.152.